The van der Waals surface area contributed by atoms with Crippen molar-refractivity contribution in [1.29, 1.82) is 0 Å². The fourth-order valence-electron chi connectivity index (χ4n) is 5.01. The van der Waals surface area contributed by atoms with Crippen LogP contribution >= 0.6 is 0 Å². The number of fused-ring (bicyclic) bond motifs is 1. The van der Waals surface area contributed by atoms with Crippen molar-refractivity contribution in [2.45, 2.75) is 58.2 Å². The molecule has 2 fully saturated rings. The summed E-state index contributed by atoms with van der Waals surface area (Å²) in [5.74, 6) is 1.27. The number of para-hydroxylation sites is 1. The summed E-state index contributed by atoms with van der Waals surface area (Å²) in [5, 5.41) is 4.19. The number of likely N-dealkylation sites (tertiary alicyclic amines) is 2. The summed E-state index contributed by atoms with van der Waals surface area (Å²) in [6, 6.07) is 11.2. The molecule has 0 saturated carbocycles. The number of benzene rings is 1. The highest BCUT2D eigenvalue weighted by atomic mass is 16.5. The molecule has 0 spiro atoms. The van der Waals surface area contributed by atoms with Crippen LogP contribution in [-0.2, 0) is 11.3 Å². The Morgan fingerprint density at radius 2 is 1.84 bits per heavy atom. The normalized spacial score (nSPS) is 19.7. The van der Waals surface area contributed by atoms with Crippen molar-refractivity contribution in [2.24, 2.45) is 5.92 Å². The van der Waals surface area contributed by atoms with Gasteiger partial charge in [0, 0.05) is 43.0 Å². The Morgan fingerprint density at radius 1 is 1.10 bits per heavy atom. The van der Waals surface area contributed by atoms with Gasteiger partial charge < -0.3 is 15.0 Å². The summed E-state index contributed by atoms with van der Waals surface area (Å²) in [5.41, 5.74) is 2.05. The van der Waals surface area contributed by atoms with Crippen LogP contribution in [0.15, 0.2) is 30.3 Å². The van der Waals surface area contributed by atoms with Gasteiger partial charge in [-0.05, 0) is 64.8 Å². The van der Waals surface area contributed by atoms with Crippen molar-refractivity contribution >= 4 is 16.8 Å². The maximum absolute atomic E-state index is 12.3. The third-order valence-corrected chi connectivity index (χ3v) is 6.75. The quantitative estimate of drug-likeness (QED) is 0.770. The van der Waals surface area contributed by atoms with E-state index >= 15 is 0 Å². The van der Waals surface area contributed by atoms with Gasteiger partial charge in [0.05, 0.1) is 12.8 Å². The molecule has 6 heteroatoms. The first-order valence-electron chi connectivity index (χ1n) is 11.7. The van der Waals surface area contributed by atoms with Crippen molar-refractivity contribution < 1.29 is 9.53 Å². The first-order valence-corrected chi connectivity index (χ1v) is 11.7. The van der Waals surface area contributed by atoms with Crippen LogP contribution < -0.4 is 10.1 Å². The number of hydrogen-bond acceptors (Lipinski definition) is 5. The fourth-order valence-corrected chi connectivity index (χ4v) is 5.01. The van der Waals surface area contributed by atoms with E-state index < -0.39 is 0 Å². The Kier molecular flexibility index (Phi) is 7.08. The molecule has 6 nitrogen and oxygen atoms in total. The second-order valence-electron chi connectivity index (χ2n) is 9.32. The maximum Gasteiger partial charge on any atom is 0.223 e. The molecule has 1 amide bonds. The molecule has 31 heavy (non-hydrogen) atoms. The van der Waals surface area contributed by atoms with Crippen LogP contribution in [0.3, 0.4) is 0 Å². The van der Waals surface area contributed by atoms with Crippen molar-refractivity contribution in [3.8, 4) is 5.75 Å². The van der Waals surface area contributed by atoms with Gasteiger partial charge in [-0.2, -0.15) is 0 Å². The van der Waals surface area contributed by atoms with Crippen molar-refractivity contribution in [1.82, 2.24) is 20.1 Å². The van der Waals surface area contributed by atoms with Crippen molar-refractivity contribution in [3.63, 3.8) is 0 Å². The Bertz CT molecular complexity index is 884. The summed E-state index contributed by atoms with van der Waals surface area (Å²) >= 11 is 0. The van der Waals surface area contributed by atoms with Crippen LogP contribution in [0.1, 0.15) is 45.2 Å². The zero-order valence-corrected chi connectivity index (χ0v) is 19.1. The van der Waals surface area contributed by atoms with Crippen LogP contribution in [-0.4, -0.2) is 66.1 Å². The van der Waals surface area contributed by atoms with Gasteiger partial charge in [0.2, 0.25) is 5.91 Å². The van der Waals surface area contributed by atoms with Gasteiger partial charge in [0.25, 0.3) is 0 Å². The van der Waals surface area contributed by atoms with Gasteiger partial charge in [0.1, 0.15) is 11.3 Å². The largest absolute Gasteiger partial charge is 0.494 e. The smallest absolute Gasteiger partial charge is 0.223 e. The second kappa shape index (κ2) is 9.96. The van der Waals surface area contributed by atoms with Crippen molar-refractivity contribution in [3.05, 3.63) is 36.0 Å². The molecule has 0 unspecified atom stereocenters. The number of aromatic nitrogens is 1. The molecule has 2 saturated heterocycles. The van der Waals surface area contributed by atoms with E-state index in [1.165, 1.54) is 12.8 Å². The summed E-state index contributed by atoms with van der Waals surface area (Å²) in [6.45, 7) is 9.25. The van der Waals surface area contributed by atoms with Gasteiger partial charge in [0.15, 0.2) is 0 Å². The molecule has 4 rings (SSSR count). The highest BCUT2D eigenvalue weighted by molar-refractivity contribution is 5.84. The van der Waals surface area contributed by atoms with Crippen LogP contribution in [0.5, 0.6) is 5.75 Å². The number of nitrogens with one attached hydrogen (secondary N) is 1. The number of carbonyl (C=O) groups excluding carboxylic acids is 1. The molecular weight excluding hydrogens is 388 g/mol. The molecule has 0 aliphatic carbocycles. The SMILES string of the molecule is COc1cccc2ccc(CN3CCC(N4CCC(C(=O)NC(C)C)CC4)CC3)nc12. The molecule has 2 aliphatic heterocycles. The lowest BCUT2D eigenvalue weighted by Crippen LogP contribution is -2.49. The summed E-state index contributed by atoms with van der Waals surface area (Å²) in [6.07, 6.45) is 4.36. The molecule has 0 radical (unpaired) electrons. The first-order chi connectivity index (χ1) is 15.0. The van der Waals surface area contributed by atoms with E-state index in [0.29, 0.717) is 6.04 Å². The summed E-state index contributed by atoms with van der Waals surface area (Å²) < 4.78 is 5.49. The number of pyridine rings is 1. The van der Waals surface area contributed by atoms with Crippen LogP contribution in [0.25, 0.3) is 10.9 Å². The molecule has 3 heterocycles. The highest BCUT2D eigenvalue weighted by Crippen LogP contribution is 2.26. The molecule has 168 valence electrons. The number of nitrogens with zero attached hydrogens (tertiary/aromatic N) is 3. The minimum atomic E-state index is 0.190. The third kappa shape index (κ3) is 5.36. The Balaban J connectivity index is 1.27. The molecule has 1 aromatic heterocycles. The molecular formula is C25H36N4O2. The van der Waals surface area contributed by atoms with Crippen molar-refractivity contribution in [2.75, 3.05) is 33.3 Å². The van der Waals surface area contributed by atoms with Gasteiger partial charge in [-0.15, -0.1) is 0 Å². The lowest BCUT2D eigenvalue weighted by molar-refractivity contribution is -0.127. The average Bonchev–Trinajstić information content (AvgIpc) is 2.79. The zero-order chi connectivity index (χ0) is 21.8. The average molecular weight is 425 g/mol. The first kappa shape index (κ1) is 22.0. The Labute approximate surface area is 186 Å². The lowest BCUT2D eigenvalue weighted by Gasteiger charge is -2.41. The topological polar surface area (TPSA) is 57.7 Å². The zero-order valence-electron chi connectivity index (χ0n) is 19.1. The molecule has 2 aliphatic rings. The predicted octanol–water partition coefficient (Wildman–Crippen LogP) is 3.44. The Morgan fingerprint density at radius 3 is 2.52 bits per heavy atom. The monoisotopic (exact) mass is 424 g/mol. The van der Waals surface area contributed by atoms with E-state index in [4.69, 9.17) is 9.72 Å². The van der Waals surface area contributed by atoms with E-state index in [0.717, 1.165) is 67.9 Å². The molecule has 1 aromatic carbocycles. The highest BCUT2D eigenvalue weighted by Gasteiger charge is 2.30. The summed E-state index contributed by atoms with van der Waals surface area (Å²) in [7, 11) is 1.70. The molecule has 1 N–H and O–H groups in total. The number of hydrogen-bond donors (Lipinski definition) is 1. The van der Waals surface area contributed by atoms with Crippen LogP contribution in [0, 0.1) is 5.92 Å². The van der Waals surface area contributed by atoms with E-state index in [1.54, 1.807) is 7.11 Å². The number of methoxy groups -OCH3 is 1. The van der Waals surface area contributed by atoms with Gasteiger partial charge in [-0.1, -0.05) is 18.2 Å². The van der Waals surface area contributed by atoms with E-state index in [-0.39, 0.29) is 17.9 Å². The molecule has 0 bridgehead atoms. The maximum atomic E-state index is 12.3. The predicted molar refractivity (Wildman–Crippen MR) is 124 cm³/mol. The van der Waals surface area contributed by atoms with Crippen LogP contribution in [0.4, 0.5) is 0 Å². The van der Waals surface area contributed by atoms with Gasteiger partial charge >= 0.3 is 0 Å². The van der Waals surface area contributed by atoms with E-state index in [9.17, 15) is 4.79 Å². The lowest BCUT2D eigenvalue weighted by atomic mass is 9.92. The van der Waals surface area contributed by atoms with E-state index in [1.807, 2.05) is 26.0 Å². The second-order valence-corrected chi connectivity index (χ2v) is 9.32. The number of rotatable bonds is 6. The van der Waals surface area contributed by atoms with E-state index in [2.05, 4.69) is 33.3 Å². The molecule has 2 aromatic rings. The minimum absolute atomic E-state index is 0.190. The summed E-state index contributed by atoms with van der Waals surface area (Å²) in [4.78, 5) is 22.3. The number of ether oxygens (including phenoxy) is 1. The minimum Gasteiger partial charge on any atom is -0.494 e. The van der Waals surface area contributed by atoms with Crippen LogP contribution in [0.2, 0.25) is 0 Å². The van der Waals surface area contributed by atoms with Gasteiger partial charge in [-0.25, -0.2) is 4.98 Å². The number of piperidine rings is 2. The Hall–Kier alpha value is -2.18. The fraction of sp³-hybridized carbons (Fsp3) is 0.600. The number of amides is 1. The molecule has 0 atom stereocenters. The van der Waals surface area contributed by atoms with Gasteiger partial charge in [-0.3, -0.25) is 9.69 Å². The number of carbonyl (C=O) groups is 1. The standard InChI is InChI=1S/C25H36N4O2/c1-18(2)26-25(30)20-9-15-29(16-10-20)22-11-13-28(14-12-22)17-21-8-7-19-5-4-6-23(31-3)24(19)27-21/h4-8,18,20,22H,9-17H2,1-3H3,(H,26,30). The third-order valence-electron chi connectivity index (χ3n) is 6.75.